The number of carbonyl (C=O) groups is 1. The average Bonchev–Trinajstić information content (AvgIpc) is 3.01. The van der Waals surface area contributed by atoms with Crippen LogP contribution in [0.5, 0.6) is 5.75 Å². The lowest BCUT2D eigenvalue weighted by molar-refractivity contribution is -0.143. The number of allylic oxidation sites excluding steroid dienone is 2. The number of esters is 1. The van der Waals surface area contributed by atoms with E-state index >= 15 is 0 Å². The van der Waals surface area contributed by atoms with Gasteiger partial charge in [0, 0.05) is 18.8 Å². The van der Waals surface area contributed by atoms with Crippen LogP contribution in [0.2, 0.25) is 0 Å². The number of para-hydroxylation sites is 1. The van der Waals surface area contributed by atoms with Crippen LogP contribution >= 0.6 is 0 Å². The largest absolute Gasteiger partial charge is 0.487 e. The lowest BCUT2D eigenvalue weighted by Crippen LogP contribution is -2.25. The molecule has 0 aromatic heterocycles. The monoisotopic (exact) mass is 438 g/mol. The van der Waals surface area contributed by atoms with Crippen molar-refractivity contribution in [2.75, 3.05) is 13.2 Å². The van der Waals surface area contributed by atoms with Gasteiger partial charge in [-0.2, -0.15) is 8.78 Å². The highest BCUT2D eigenvalue weighted by atomic mass is 19.3. The summed E-state index contributed by atoms with van der Waals surface area (Å²) in [5, 5.41) is 20.5. The van der Waals surface area contributed by atoms with E-state index in [9.17, 15) is 23.8 Å². The minimum absolute atomic E-state index is 0.155. The Labute approximate surface area is 182 Å². The van der Waals surface area contributed by atoms with Crippen molar-refractivity contribution in [3.8, 4) is 5.75 Å². The first kappa shape index (κ1) is 25.0. The zero-order valence-corrected chi connectivity index (χ0v) is 17.8. The molecule has 4 atom stereocenters. The van der Waals surface area contributed by atoms with Gasteiger partial charge in [0.05, 0.1) is 18.8 Å². The van der Waals surface area contributed by atoms with Crippen molar-refractivity contribution in [2.24, 2.45) is 11.8 Å². The molecule has 0 amide bonds. The van der Waals surface area contributed by atoms with E-state index in [-0.39, 0.29) is 18.3 Å². The molecule has 172 valence electrons. The molecule has 0 heterocycles. The second-order valence-corrected chi connectivity index (χ2v) is 7.74. The third kappa shape index (κ3) is 8.79. The Morgan fingerprint density at radius 2 is 1.94 bits per heavy atom. The number of hydrogen-bond donors (Lipinski definition) is 2. The minimum atomic E-state index is -3.20. The molecule has 2 N–H and O–H groups in total. The number of ether oxygens (including phenoxy) is 2. The smallest absolute Gasteiger partial charge is 0.305 e. The van der Waals surface area contributed by atoms with Crippen LogP contribution in [0.1, 0.15) is 39.0 Å². The summed E-state index contributed by atoms with van der Waals surface area (Å²) >= 11 is 0. The zero-order valence-electron chi connectivity index (χ0n) is 17.8. The molecule has 5 nitrogen and oxygen atoms in total. The number of unbranched alkanes of at least 4 members (excludes halogenated alkanes) is 1. The zero-order chi connectivity index (χ0) is 22.7. The molecule has 1 aromatic rings. The highest BCUT2D eigenvalue weighted by Crippen LogP contribution is 2.37. The summed E-state index contributed by atoms with van der Waals surface area (Å²) in [7, 11) is 0. The van der Waals surface area contributed by atoms with Gasteiger partial charge >= 0.3 is 5.97 Å². The fourth-order valence-electron chi connectivity index (χ4n) is 3.67. The number of alkyl halides is 2. The van der Waals surface area contributed by atoms with Gasteiger partial charge in [0.25, 0.3) is 5.92 Å². The first-order valence-corrected chi connectivity index (χ1v) is 10.7. The van der Waals surface area contributed by atoms with Crippen LogP contribution < -0.4 is 4.74 Å². The summed E-state index contributed by atoms with van der Waals surface area (Å²) < 4.78 is 38.4. The standard InChI is InChI=1S/C24H32F2O5/c1-2-30-23(29)13-9-4-3-8-12-19-20(22(28)16-21(19)27)14-15-24(25,26)17-31-18-10-6-5-7-11-18/h3,5-8,10-11,14-15,19-22,27-28H,2,4,9,12-13,16-17H2,1H3/b8-3-,15-14+/t19-,20-,21+,22-/m1/s1. The van der Waals surface area contributed by atoms with Gasteiger partial charge in [-0.05, 0) is 50.3 Å². The second-order valence-electron chi connectivity index (χ2n) is 7.74. The molecule has 2 rings (SSSR count). The summed E-state index contributed by atoms with van der Waals surface area (Å²) in [6.45, 7) is 1.32. The van der Waals surface area contributed by atoms with Crippen LogP contribution in [-0.4, -0.2) is 47.5 Å². The molecule has 0 spiro atoms. The van der Waals surface area contributed by atoms with E-state index in [1.54, 1.807) is 37.3 Å². The van der Waals surface area contributed by atoms with Crippen molar-refractivity contribution in [1.29, 1.82) is 0 Å². The first-order valence-electron chi connectivity index (χ1n) is 10.7. The van der Waals surface area contributed by atoms with Crippen LogP contribution in [0.3, 0.4) is 0 Å². The number of rotatable bonds is 12. The number of halogens is 2. The fourth-order valence-corrected chi connectivity index (χ4v) is 3.67. The fraction of sp³-hybridized carbons (Fsp3) is 0.542. The number of hydrogen-bond acceptors (Lipinski definition) is 5. The van der Waals surface area contributed by atoms with E-state index in [1.807, 2.05) is 12.2 Å². The highest BCUT2D eigenvalue weighted by Gasteiger charge is 2.40. The predicted octanol–water partition coefficient (Wildman–Crippen LogP) is 4.29. The minimum Gasteiger partial charge on any atom is -0.487 e. The lowest BCUT2D eigenvalue weighted by atomic mass is 9.89. The van der Waals surface area contributed by atoms with Gasteiger partial charge in [0.15, 0.2) is 6.61 Å². The molecule has 31 heavy (non-hydrogen) atoms. The molecule has 7 heteroatoms. The van der Waals surface area contributed by atoms with Gasteiger partial charge in [-0.3, -0.25) is 4.79 Å². The summed E-state index contributed by atoms with van der Waals surface area (Å²) in [5.41, 5.74) is 0. The van der Waals surface area contributed by atoms with E-state index in [0.29, 0.717) is 38.0 Å². The molecule has 1 fully saturated rings. The molecular weight excluding hydrogens is 406 g/mol. The summed E-state index contributed by atoms with van der Waals surface area (Å²) in [4.78, 5) is 11.3. The Kier molecular flexibility index (Phi) is 10.1. The van der Waals surface area contributed by atoms with Crippen molar-refractivity contribution in [1.82, 2.24) is 0 Å². The summed E-state index contributed by atoms with van der Waals surface area (Å²) in [5.74, 6) is -3.98. The second kappa shape index (κ2) is 12.6. The molecule has 1 aromatic carbocycles. The van der Waals surface area contributed by atoms with Crippen molar-refractivity contribution >= 4 is 5.97 Å². The molecule has 1 aliphatic carbocycles. The predicted molar refractivity (Wildman–Crippen MR) is 114 cm³/mol. The molecular formula is C24H32F2O5. The maximum absolute atomic E-state index is 14.2. The van der Waals surface area contributed by atoms with E-state index < -0.39 is 30.7 Å². The number of carbonyl (C=O) groups excluding carboxylic acids is 1. The maximum Gasteiger partial charge on any atom is 0.305 e. The quantitative estimate of drug-likeness (QED) is 0.289. The van der Waals surface area contributed by atoms with Gasteiger partial charge in [-0.25, -0.2) is 0 Å². The molecule has 1 saturated carbocycles. The molecule has 0 radical (unpaired) electrons. The van der Waals surface area contributed by atoms with Gasteiger partial charge < -0.3 is 19.7 Å². The van der Waals surface area contributed by atoms with Crippen LogP contribution in [0.15, 0.2) is 54.6 Å². The van der Waals surface area contributed by atoms with Gasteiger partial charge in [-0.15, -0.1) is 0 Å². The first-order chi connectivity index (χ1) is 14.8. The van der Waals surface area contributed by atoms with E-state index in [1.165, 1.54) is 6.08 Å². The third-order valence-corrected chi connectivity index (χ3v) is 5.28. The van der Waals surface area contributed by atoms with Crippen molar-refractivity contribution in [2.45, 2.75) is 57.2 Å². The normalized spacial score (nSPS) is 24.2. The molecule has 0 unspecified atom stereocenters. The Balaban J connectivity index is 1.84. The number of aliphatic hydroxyl groups excluding tert-OH is 2. The Bertz CT molecular complexity index is 720. The van der Waals surface area contributed by atoms with Gasteiger partial charge in [-0.1, -0.05) is 36.4 Å². The molecule has 0 saturated heterocycles. The summed E-state index contributed by atoms with van der Waals surface area (Å²) in [6.07, 6.45) is 6.49. The molecule has 0 aliphatic heterocycles. The van der Waals surface area contributed by atoms with E-state index in [4.69, 9.17) is 9.47 Å². The lowest BCUT2D eigenvalue weighted by Gasteiger charge is -2.20. The average molecular weight is 439 g/mol. The summed E-state index contributed by atoms with van der Waals surface area (Å²) in [6, 6.07) is 8.38. The van der Waals surface area contributed by atoms with Crippen LogP contribution in [0, 0.1) is 11.8 Å². The van der Waals surface area contributed by atoms with Crippen molar-refractivity contribution in [3.63, 3.8) is 0 Å². The molecule has 1 aliphatic rings. The van der Waals surface area contributed by atoms with Crippen LogP contribution in [-0.2, 0) is 9.53 Å². The third-order valence-electron chi connectivity index (χ3n) is 5.28. The Morgan fingerprint density at radius 1 is 1.19 bits per heavy atom. The topological polar surface area (TPSA) is 76.0 Å². The van der Waals surface area contributed by atoms with Crippen molar-refractivity contribution < 1.29 is 33.3 Å². The SMILES string of the molecule is CCOC(=O)CCC/C=C\C[C@@H]1[C@@H](/C=C/C(F)(F)COc2ccccc2)[C@H](O)C[C@@H]1O. The maximum atomic E-state index is 14.2. The highest BCUT2D eigenvalue weighted by molar-refractivity contribution is 5.69. The van der Waals surface area contributed by atoms with E-state index in [2.05, 4.69) is 0 Å². The van der Waals surface area contributed by atoms with Crippen LogP contribution in [0.25, 0.3) is 0 Å². The Morgan fingerprint density at radius 3 is 2.65 bits per heavy atom. The van der Waals surface area contributed by atoms with Crippen molar-refractivity contribution in [3.05, 3.63) is 54.6 Å². The number of benzene rings is 1. The van der Waals surface area contributed by atoms with Crippen LogP contribution in [0.4, 0.5) is 8.78 Å². The van der Waals surface area contributed by atoms with Gasteiger partial charge in [0.2, 0.25) is 0 Å². The van der Waals surface area contributed by atoms with Gasteiger partial charge in [0.1, 0.15) is 5.75 Å². The number of aliphatic hydroxyl groups is 2. The Hall–Kier alpha value is -2.25. The molecule has 0 bridgehead atoms. The van der Waals surface area contributed by atoms with E-state index in [0.717, 1.165) is 6.08 Å².